The maximum atomic E-state index is 12.9. The average molecular weight is 442 g/mol. The van der Waals surface area contributed by atoms with E-state index in [0.29, 0.717) is 16.8 Å². The molecule has 1 heterocycles. The minimum atomic E-state index is -4.50. The van der Waals surface area contributed by atoms with Crippen molar-refractivity contribution < 1.29 is 32.3 Å². The van der Waals surface area contributed by atoms with Crippen molar-refractivity contribution in [3.05, 3.63) is 83.6 Å². The van der Waals surface area contributed by atoms with Gasteiger partial charge in [-0.25, -0.2) is 9.48 Å². The zero-order chi connectivity index (χ0) is 23.5. The molecule has 0 aliphatic carbocycles. The van der Waals surface area contributed by atoms with Gasteiger partial charge in [-0.1, -0.05) is 12.1 Å². The Morgan fingerprint density at radius 1 is 0.969 bits per heavy atom. The standard InChI is InChI=1S/C23H17F3N2O4/c1-14(29)3-12-21(30)20-13-19(15-4-6-16(7-5-15)22(31)32-2)27-28(20)18-10-8-17(9-11-18)23(24,25)26/h3-13H,1-2H3/b12-3+. The summed E-state index contributed by atoms with van der Waals surface area (Å²) in [6.45, 7) is 1.28. The lowest BCUT2D eigenvalue weighted by molar-refractivity contribution is -0.137. The lowest BCUT2D eigenvalue weighted by Crippen LogP contribution is -2.09. The van der Waals surface area contributed by atoms with Crippen LogP contribution in [-0.2, 0) is 15.7 Å². The molecule has 1 aromatic heterocycles. The van der Waals surface area contributed by atoms with Crippen LogP contribution in [0, 0.1) is 0 Å². The van der Waals surface area contributed by atoms with Gasteiger partial charge >= 0.3 is 12.1 Å². The number of ether oxygens (including phenoxy) is 1. The first kappa shape index (κ1) is 22.7. The SMILES string of the molecule is COC(=O)c1ccc(-c2cc(C(=O)/C=C/C(C)=O)n(-c3ccc(C(F)(F)F)cc3)n2)cc1. The van der Waals surface area contributed by atoms with Crippen LogP contribution in [0.3, 0.4) is 0 Å². The third-order valence-corrected chi connectivity index (χ3v) is 4.47. The van der Waals surface area contributed by atoms with Gasteiger partial charge in [0.25, 0.3) is 0 Å². The van der Waals surface area contributed by atoms with Crippen molar-refractivity contribution in [1.29, 1.82) is 0 Å². The molecule has 9 heteroatoms. The van der Waals surface area contributed by atoms with Gasteiger partial charge in [0.2, 0.25) is 5.78 Å². The van der Waals surface area contributed by atoms with Crippen LogP contribution >= 0.6 is 0 Å². The highest BCUT2D eigenvalue weighted by Crippen LogP contribution is 2.30. The molecule has 3 aromatic rings. The van der Waals surface area contributed by atoms with E-state index in [4.69, 9.17) is 0 Å². The van der Waals surface area contributed by atoms with E-state index in [0.717, 1.165) is 24.3 Å². The number of esters is 1. The van der Waals surface area contributed by atoms with Crippen LogP contribution < -0.4 is 0 Å². The molecule has 0 saturated carbocycles. The molecular formula is C23H17F3N2O4. The van der Waals surface area contributed by atoms with E-state index in [1.807, 2.05) is 0 Å². The zero-order valence-corrected chi connectivity index (χ0v) is 17.0. The lowest BCUT2D eigenvalue weighted by atomic mass is 10.1. The van der Waals surface area contributed by atoms with Crippen molar-refractivity contribution >= 4 is 17.5 Å². The van der Waals surface area contributed by atoms with E-state index >= 15 is 0 Å². The summed E-state index contributed by atoms with van der Waals surface area (Å²) in [6.07, 6.45) is -2.33. The van der Waals surface area contributed by atoms with Crippen molar-refractivity contribution in [2.24, 2.45) is 0 Å². The molecule has 2 aromatic carbocycles. The molecular weight excluding hydrogens is 425 g/mol. The Morgan fingerprint density at radius 3 is 2.12 bits per heavy atom. The van der Waals surface area contributed by atoms with Gasteiger partial charge < -0.3 is 4.74 Å². The topological polar surface area (TPSA) is 78.3 Å². The Balaban J connectivity index is 2.07. The third kappa shape index (κ3) is 5.00. The molecule has 0 radical (unpaired) electrons. The molecule has 0 aliphatic rings. The van der Waals surface area contributed by atoms with Crippen LogP contribution in [0.1, 0.15) is 33.3 Å². The Hall–Kier alpha value is -4.01. The normalized spacial score (nSPS) is 11.5. The highest BCUT2D eigenvalue weighted by atomic mass is 19.4. The van der Waals surface area contributed by atoms with Crippen LogP contribution in [0.25, 0.3) is 16.9 Å². The predicted octanol–water partition coefficient (Wildman–Crippen LogP) is 4.67. The zero-order valence-electron chi connectivity index (χ0n) is 17.0. The molecule has 32 heavy (non-hydrogen) atoms. The number of methoxy groups -OCH3 is 1. The van der Waals surface area contributed by atoms with E-state index in [9.17, 15) is 27.6 Å². The molecule has 0 bridgehead atoms. The molecule has 0 atom stereocenters. The first-order valence-corrected chi connectivity index (χ1v) is 9.29. The van der Waals surface area contributed by atoms with Crippen molar-refractivity contribution in [1.82, 2.24) is 9.78 Å². The number of benzene rings is 2. The molecule has 3 rings (SSSR count). The summed E-state index contributed by atoms with van der Waals surface area (Å²) in [4.78, 5) is 35.5. The van der Waals surface area contributed by atoms with Gasteiger partial charge in [-0.2, -0.15) is 18.3 Å². The number of carbonyl (C=O) groups is 3. The number of nitrogens with zero attached hydrogens (tertiary/aromatic N) is 2. The van der Waals surface area contributed by atoms with Gasteiger partial charge in [0.1, 0.15) is 5.69 Å². The van der Waals surface area contributed by atoms with Gasteiger partial charge in [-0.05, 0) is 61.5 Å². The number of allylic oxidation sites excluding steroid dienone is 2. The number of aromatic nitrogens is 2. The minimum absolute atomic E-state index is 0.0503. The predicted molar refractivity (Wildman–Crippen MR) is 109 cm³/mol. The summed E-state index contributed by atoms with van der Waals surface area (Å²) in [5.74, 6) is -1.40. The summed E-state index contributed by atoms with van der Waals surface area (Å²) < 4.78 is 44.5. The molecule has 0 fully saturated rings. The molecule has 0 unspecified atom stereocenters. The molecule has 0 aliphatic heterocycles. The maximum absolute atomic E-state index is 12.9. The fourth-order valence-corrected chi connectivity index (χ4v) is 2.86. The monoisotopic (exact) mass is 442 g/mol. The van der Waals surface area contributed by atoms with E-state index in [1.165, 1.54) is 49.0 Å². The van der Waals surface area contributed by atoms with Crippen LogP contribution in [-0.4, -0.2) is 34.4 Å². The Bertz CT molecular complexity index is 1190. The smallest absolute Gasteiger partial charge is 0.416 e. The number of carbonyl (C=O) groups excluding carboxylic acids is 3. The van der Waals surface area contributed by atoms with Gasteiger partial charge in [0, 0.05) is 5.56 Å². The quantitative estimate of drug-likeness (QED) is 0.315. The lowest BCUT2D eigenvalue weighted by Gasteiger charge is -2.09. The van der Waals surface area contributed by atoms with E-state index in [-0.39, 0.29) is 17.2 Å². The molecule has 0 saturated heterocycles. The van der Waals surface area contributed by atoms with Crippen LogP contribution in [0.2, 0.25) is 0 Å². The third-order valence-electron chi connectivity index (χ3n) is 4.47. The van der Waals surface area contributed by atoms with Crippen molar-refractivity contribution in [2.75, 3.05) is 7.11 Å². The van der Waals surface area contributed by atoms with Crippen molar-refractivity contribution in [3.63, 3.8) is 0 Å². The number of halogens is 3. The summed E-state index contributed by atoms with van der Waals surface area (Å²) in [5, 5.41) is 4.36. The van der Waals surface area contributed by atoms with Crippen molar-refractivity contribution in [2.45, 2.75) is 13.1 Å². The summed E-state index contributed by atoms with van der Waals surface area (Å²) in [7, 11) is 1.26. The number of ketones is 2. The van der Waals surface area contributed by atoms with E-state index in [1.54, 1.807) is 12.1 Å². The summed E-state index contributed by atoms with van der Waals surface area (Å²) in [6, 6.07) is 11.9. The van der Waals surface area contributed by atoms with Gasteiger partial charge in [-0.3, -0.25) is 9.59 Å². The second-order valence-electron chi connectivity index (χ2n) is 6.75. The summed E-state index contributed by atoms with van der Waals surface area (Å²) >= 11 is 0. The Kier molecular flexibility index (Phi) is 6.38. The van der Waals surface area contributed by atoms with Crippen molar-refractivity contribution in [3.8, 4) is 16.9 Å². The fraction of sp³-hybridized carbons (Fsp3) is 0.130. The Morgan fingerprint density at radius 2 is 1.59 bits per heavy atom. The van der Waals surface area contributed by atoms with Gasteiger partial charge in [0.15, 0.2) is 5.78 Å². The molecule has 0 spiro atoms. The second kappa shape index (κ2) is 9.01. The van der Waals surface area contributed by atoms with E-state index in [2.05, 4.69) is 9.84 Å². The van der Waals surface area contributed by atoms with Gasteiger partial charge in [-0.15, -0.1) is 0 Å². The molecule has 164 valence electrons. The number of hydrogen-bond donors (Lipinski definition) is 0. The molecule has 6 nitrogen and oxygen atoms in total. The van der Waals surface area contributed by atoms with Gasteiger partial charge in [0.05, 0.1) is 29.6 Å². The number of alkyl halides is 3. The number of rotatable bonds is 6. The second-order valence-corrected chi connectivity index (χ2v) is 6.75. The van der Waals surface area contributed by atoms with E-state index < -0.39 is 23.5 Å². The maximum Gasteiger partial charge on any atom is 0.416 e. The Labute approximate surface area is 180 Å². The van der Waals surface area contributed by atoms with Crippen LogP contribution in [0.4, 0.5) is 13.2 Å². The highest BCUT2D eigenvalue weighted by molar-refractivity contribution is 6.07. The first-order chi connectivity index (χ1) is 15.1. The van der Waals surface area contributed by atoms with Crippen LogP contribution in [0.5, 0.6) is 0 Å². The fourth-order valence-electron chi connectivity index (χ4n) is 2.86. The van der Waals surface area contributed by atoms with Crippen LogP contribution in [0.15, 0.2) is 66.7 Å². The molecule has 0 amide bonds. The summed E-state index contributed by atoms with van der Waals surface area (Å²) in [5.41, 5.74) is 0.675. The number of hydrogen-bond acceptors (Lipinski definition) is 5. The highest BCUT2D eigenvalue weighted by Gasteiger charge is 2.30. The average Bonchev–Trinajstić information content (AvgIpc) is 3.22. The minimum Gasteiger partial charge on any atom is -0.465 e. The first-order valence-electron chi connectivity index (χ1n) is 9.29. The largest absolute Gasteiger partial charge is 0.465 e. The molecule has 0 N–H and O–H groups in total.